The van der Waals surface area contributed by atoms with Crippen molar-refractivity contribution in [2.24, 2.45) is 0 Å². The van der Waals surface area contributed by atoms with Gasteiger partial charge in [-0.05, 0) is 42.3 Å². The second kappa shape index (κ2) is 10.1. The van der Waals surface area contributed by atoms with Crippen LogP contribution in [0.2, 0.25) is 5.02 Å². The minimum atomic E-state index is -0.0942. The van der Waals surface area contributed by atoms with Gasteiger partial charge in [-0.25, -0.2) is 0 Å². The topological polar surface area (TPSA) is 92.2 Å². The van der Waals surface area contributed by atoms with E-state index in [2.05, 4.69) is 20.8 Å². The number of piperazine rings is 1. The fraction of sp³-hybridized carbons (Fsp3) is 0.273. The predicted molar refractivity (Wildman–Crippen MR) is 125 cm³/mol. The quantitative estimate of drug-likeness (QED) is 0.516. The van der Waals surface area contributed by atoms with Gasteiger partial charge in [0.05, 0.1) is 18.0 Å². The first-order valence-electron chi connectivity index (χ1n) is 10.2. The van der Waals surface area contributed by atoms with E-state index in [4.69, 9.17) is 11.6 Å². The highest BCUT2D eigenvalue weighted by Gasteiger charge is 2.16. The Balaban J connectivity index is 1.28. The molecule has 8 nitrogen and oxygen atoms in total. The molecule has 0 unspecified atom stereocenters. The van der Waals surface area contributed by atoms with Crippen LogP contribution in [0.3, 0.4) is 0 Å². The Labute approximate surface area is 195 Å². The molecule has 2 amide bonds. The molecule has 1 saturated heterocycles. The van der Waals surface area contributed by atoms with Gasteiger partial charge in [-0.3, -0.25) is 14.2 Å². The van der Waals surface area contributed by atoms with Gasteiger partial charge >= 0.3 is 0 Å². The molecule has 0 atom stereocenters. The van der Waals surface area contributed by atoms with Gasteiger partial charge < -0.3 is 15.5 Å². The van der Waals surface area contributed by atoms with Crippen LogP contribution in [-0.4, -0.2) is 52.0 Å². The van der Waals surface area contributed by atoms with Crippen LogP contribution in [0.15, 0.2) is 53.9 Å². The molecule has 3 aromatic rings. The van der Waals surface area contributed by atoms with Crippen LogP contribution >= 0.6 is 23.4 Å². The smallest absolute Gasteiger partial charge is 0.239 e. The number of rotatable bonds is 7. The predicted octanol–water partition coefficient (Wildman–Crippen LogP) is 2.57. The summed E-state index contributed by atoms with van der Waals surface area (Å²) in [4.78, 5) is 25.9. The molecule has 1 aliphatic rings. The summed E-state index contributed by atoms with van der Waals surface area (Å²) in [6, 6.07) is 13.6. The maximum atomic E-state index is 12.3. The Morgan fingerprint density at radius 2 is 2.00 bits per heavy atom. The fourth-order valence-corrected chi connectivity index (χ4v) is 4.23. The average molecular weight is 471 g/mol. The Hall–Kier alpha value is -3.04. The second-order valence-corrected chi connectivity index (χ2v) is 8.77. The van der Waals surface area contributed by atoms with Gasteiger partial charge in [0.2, 0.25) is 11.8 Å². The SMILES string of the molecule is Cc1ccc(-n2cnnc2SCC(=O)NCc2ccc(N3CCNC(=O)C3)cc2)cc1Cl. The number of aromatic nitrogens is 3. The van der Waals surface area contributed by atoms with Crippen molar-refractivity contribution < 1.29 is 9.59 Å². The number of halogens is 1. The normalized spacial score (nSPS) is 13.7. The lowest BCUT2D eigenvalue weighted by atomic mass is 10.2. The lowest BCUT2D eigenvalue weighted by molar-refractivity contribution is -0.120. The number of hydrogen-bond acceptors (Lipinski definition) is 6. The van der Waals surface area contributed by atoms with Crippen LogP contribution in [-0.2, 0) is 16.1 Å². The molecule has 32 heavy (non-hydrogen) atoms. The first kappa shape index (κ1) is 22.2. The fourth-order valence-electron chi connectivity index (χ4n) is 3.30. The van der Waals surface area contributed by atoms with Gasteiger partial charge in [0.15, 0.2) is 5.16 Å². The highest BCUT2D eigenvalue weighted by molar-refractivity contribution is 7.99. The number of nitrogens with one attached hydrogen (secondary N) is 2. The molecule has 1 fully saturated rings. The number of anilines is 1. The summed E-state index contributed by atoms with van der Waals surface area (Å²) in [6.45, 7) is 4.18. The Morgan fingerprint density at radius 1 is 1.22 bits per heavy atom. The van der Waals surface area contributed by atoms with Crippen molar-refractivity contribution in [1.82, 2.24) is 25.4 Å². The number of benzene rings is 2. The van der Waals surface area contributed by atoms with Crippen molar-refractivity contribution in [3.05, 3.63) is 64.9 Å². The van der Waals surface area contributed by atoms with E-state index in [9.17, 15) is 9.59 Å². The van der Waals surface area contributed by atoms with Crippen molar-refractivity contribution in [3.63, 3.8) is 0 Å². The summed E-state index contributed by atoms with van der Waals surface area (Å²) in [7, 11) is 0. The largest absolute Gasteiger partial charge is 0.360 e. The van der Waals surface area contributed by atoms with Gasteiger partial charge in [0.1, 0.15) is 6.33 Å². The molecule has 4 rings (SSSR count). The van der Waals surface area contributed by atoms with E-state index in [1.807, 2.05) is 58.9 Å². The molecular weight excluding hydrogens is 448 g/mol. The first-order valence-corrected chi connectivity index (χ1v) is 11.5. The van der Waals surface area contributed by atoms with E-state index in [-0.39, 0.29) is 17.6 Å². The molecule has 2 aromatic carbocycles. The van der Waals surface area contributed by atoms with Crippen LogP contribution in [0.25, 0.3) is 5.69 Å². The number of nitrogens with zero attached hydrogens (tertiary/aromatic N) is 4. The number of aryl methyl sites for hydroxylation is 1. The minimum absolute atomic E-state index is 0.0337. The molecule has 0 radical (unpaired) electrons. The monoisotopic (exact) mass is 470 g/mol. The Morgan fingerprint density at radius 3 is 2.75 bits per heavy atom. The maximum Gasteiger partial charge on any atom is 0.239 e. The van der Waals surface area contributed by atoms with E-state index in [0.717, 1.165) is 29.0 Å². The number of carbonyl (C=O) groups excluding carboxylic acids is 2. The van der Waals surface area contributed by atoms with E-state index in [0.29, 0.717) is 29.8 Å². The molecule has 1 aromatic heterocycles. The van der Waals surface area contributed by atoms with Gasteiger partial charge in [-0.15, -0.1) is 10.2 Å². The van der Waals surface area contributed by atoms with Crippen molar-refractivity contribution >= 4 is 40.9 Å². The van der Waals surface area contributed by atoms with Crippen LogP contribution in [0.1, 0.15) is 11.1 Å². The Bertz CT molecular complexity index is 1120. The standard InChI is InChI=1S/C22H23ClN6O2S/c1-15-2-5-18(10-19(15)23)29-14-26-27-22(29)32-13-21(31)25-11-16-3-6-17(7-4-16)28-9-8-24-20(30)12-28/h2-7,10,14H,8-9,11-13H2,1H3,(H,24,30)(H,25,31). The molecule has 0 spiro atoms. The summed E-state index contributed by atoms with van der Waals surface area (Å²) in [5.74, 6) is 0.161. The zero-order valence-electron chi connectivity index (χ0n) is 17.5. The van der Waals surface area contributed by atoms with Crippen molar-refractivity contribution in [2.75, 3.05) is 30.3 Å². The lowest BCUT2D eigenvalue weighted by Gasteiger charge is -2.28. The maximum absolute atomic E-state index is 12.3. The van der Waals surface area contributed by atoms with E-state index in [1.54, 1.807) is 6.33 Å². The van der Waals surface area contributed by atoms with Crippen LogP contribution in [0.4, 0.5) is 5.69 Å². The van der Waals surface area contributed by atoms with Crippen molar-refractivity contribution in [1.29, 1.82) is 0 Å². The average Bonchev–Trinajstić information content (AvgIpc) is 3.27. The second-order valence-electron chi connectivity index (χ2n) is 7.42. The summed E-state index contributed by atoms with van der Waals surface area (Å²) < 4.78 is 1.81. The Kier molecular flexibility index (Phi) is 6.96. The molecule has 2 heterocycles. The summed E-state index contributed by atoms with van der Waals surface area (Å²) in [5, 5.41) is 15.1. The van der Waals surface area contributed by atoms with Crippen LogP contribution < -0.4 is 15.5 Å². The van der Waals surface area contributed by atoms with Crippen molar-refractivity contribution in [3.8, 4) is 5.69 Å². The highest BCUT2D eigenvalue weighted by atomic mass is 35.5. The van der Waals surface area contributed by atoms with Gasteiger partial charge in [-0.2, -0.15) is 0 Å². The van der Waals surface area contributed by atoms with E-state index in [1.165, 1.54) is 11.8 Å². The number of carbonyl (C=O) groups is 2. The van der Waals surface area contributed by atoms with Crippen LogP contribution in [0, 0.1) is 6.92 Å². The summed E-state index contributed by atoms with van der Waals surface area (Å²) in [5.41, 5.74) is 3.83. The molecule has 166 valence electrons. The zero-order valence-corrected chi connectivity index (χ0v) is 19.1. The lowest BCUT2D eigenvalue weighted by Crippen LogP contribution is -2.47. The first-order chi connectivity index (χ1) is 15.5. The number of thioether (sulfide) groups is 1. The molecule has 0 bridgehead atoms. The highest BCUT2D eigenvalue weighted by Crippen LogP contribution is 2.23. The molecular formula is C22H23ClN6O2S. The molecule has 0 aliphatic carbocycles. The third-order valence-corrected chi connectivity index (χ3v) is 6.46. The van der Waals surface area contributed by atoms with Gasteiger partial charge in [0.25, 0.3) is 0 Å². The van der Waals surface area contributed by atoms with Gasteiger partial charge in [-0.1, -0.05) is 41.6 Å². The summed E-state index contributed by atoms with van der Waals surface area (Å²) >= 11 is 7.54. The zero-order chi connectivity index (χ0) is 22.5. The molecule has 1 aliphatic heterocycles. The minimum Gasteiger partial charge on any atom is -0.360 e. The van der Waals surface area contributed by atoms with E-state index >= 15 is 0 Å². The molecule has 0 saturated carbocycles. The molecule has 10 heteroatoms. The van der Waals surface area contributed by atoms with E-state index < -0.39 is 0 Å². The molecule has 2 N–H and O–H groups in total. The van der Waals surface area contributed by atoms with Crippen molar-refractivity contribution in [2.45, 2.75) is 18.6 Å². The number of hydrogen-bond donors (Lipinski definition) is 2. The van der Waals surface area contributed by atoms with Gasteiger partial charge in [0, 0.05) is 30.3 Å². The third kappa shape index (κ3) is 5.41. The summed E-state index contributed by atoms with van der Waals surface area (Å²) in [6.07, 6.45) is 1.61. The third-order valence-electron chi connectivity index (χ3n) is 5.11. The number of amides is 2. The van der Waals surface area contributed by atoms with Crippen LogP contribution in [0.5, 0.6) is 0 Å².